The molecule has 0 aromatic heterocycles. The number of carbonyl (C=O) groups excluding carboxylic acids is 3. The number of nitrogens with two attached hydrogens (primary N) is 1. The van der Waals surface area contributed by atoms with Gasteiger partial charge in [0.15, 0.2) is 0 Å². The third-order valence-electron chi connectivity index (χ3n) is 5.83. The lowest BCUT2D eigenvalue weighted by Crippen LogP contribution is -2.15. The van der Waals surface area contributed by atoms with Crippen molar-refractivity contribution in [2.24, 2.45) is 0 Å². The first kappa shape index (κ1) is 34.1. The summed E-state index contributed by atoms with van der Waals surface area (Å²) in [5.74, 6) is -3.22. The van der Waals surface area contributed by atoms with E-state index in [4.69, 9.17) is 10.5 Å². The van der Waals surface area contributed by atoms with Gasteiger partial charge < -0.3 is 26.0 Å². The van der Waals surface area contributed by atoms with Gasteiger partial charge in [0.2, 0.25) is 0 Å². The maximum Gasteiger partial charge on any atom is 0.349 e. The number of amides is 1. The van der Waals surface area contributed by atoms with Gasteiger partial charge in [0.25, 0.3) is 5.91 Å². The first-order valence-electron chi connectivity index (χ1n) is 14.2. The van der Waals surface area contributed by atoms with Crippen LogP contribution in [0.4, 0.5) is 11.4 Å². The van der Waals surface area contributed by atoms with Crippen LogP contribution in [0.15, 0.2) is 109 Å². The van der Waals surface area contributed by atoms with Crippen LogP contribution in [0.3, 0.4) is 0 Å². The predicted octanol–water partition coefficient (Wildman–Crippen LogP) is 7.70. The lowest BCUT2D eigenvalue weighted by Gasteiger charge is -2.10. The topological polar surface area (TPSA) is 139 Å². The summed E-state index contributed by atoms with van der Waals surface area (Å²) in [4.78, 5) is 37.0. The Balaban J connectivity index is 1.70. The Morgan fingerprint density at radius 3 is 1.74 bits per heavy atom. The first-order valence-corrected chi connectivity index (χ1v) is 14.2. The average molecular weight is 585 g/mol. The van der Waals surface area contributed by atoms with Crippen LogP contribution in [0.5, 0.6) is 11.5 Å². The number of nitrogens with one attached hydrogen (secondary N) is 1. The van der Waals surface area contributed by atoms with Crippen LogP contribution in [0.1, 0.15) is 72.6 Å². The summed E-state index contributed by atoms with van der Waals surface area (Å²) in [5, 5.41) is 22.5. The van der Waals surface area contributed by atoms with Gasteiger partial charge in [-0.1, -0.05) is 79.8 Å². The molecular formula is C35H40N2O6. The van der Waals surface area contributed by atoms with Crippen molar-refractivity contribution < 1.29 is 29.3 Å². The molecule has 0 atom stereocenters. The predicted molar refractivity (Wildman–Crippen MR) is 172 cm³/mol. The molecule has 0 spiro atoms. The molecule has 8 heteroatoms. The van der Waals surface area contributed by atoms with E-state index in [2.05, 4.69) is 60.8 Å². The highest BCUT2D eigenvalue weighted by molar-refractivity contribution is 6.07. The Morgan fingerprint density at radius 2 is 1.19 bits per heavy atom. The number of carbonyl (C=O) groups is 3. The number of phenolic OH excluding ortho intramolecular Hbond substituents is 2. The van der Waals surface area contributed by atoms with E-state index >= 15 is 0 Å². The second kappa shape index (κ2) is 19.9. The molecule has 8 nitrogen and oxygen atoms in total. The third kappa shape index (κ3) is 13.9. The molecule has 2 aromatic rings. The standard InChI is InChI=1S/C35H40N2O6/c1-2-3-4-5-6-7-8-9-10-11-12-13-14-15-16-17-18-19-20-33(40)43-35(42)30-26-28(22-24-32(30)39)37-34(41)29-25-27(36)21-23-31(29)38/h3-4,6-7,9-10,12-13,15-16,18-19,21-26,38-39H,2,5,8,11,14,17,20,36H2,1H3,(H,37,41)/b4-3-,7-6-,10-9-,13-12-,16-15-,19-18-. The molecule has 2 aromatic carbocycles. The first-order chi connectivity index (χ1) is 20.8. The molecule has 5 N–H and O–H groups in total. The number of hydrogen-bond donors (Lipinski definition) is 4. The summed E-state index contributed by atoms with van der Waals surface area (Å²) in [6.07, 6.45) is 29.8. The van der Waals surface area contributed by atoms with Crippen molar-refractivity contribution in [3.63, 3.8) is 0 Å². The molecule has 0 radical (unpaired) electrons. The van der Waals surface area contributed by atoms with E-state index in [1.165, 1.54) is 36.4 Å². The van der Waals surface area contributed by atoms with Crippen molar-refractivity contribution in [3.8, 4) is 11.5 Å². The maximum absolute atomic E-state index is 12.5. The normalized spacial score (nSPS) is 12.0. The Kier molecular flexibility index (Phi) is 15.8. The van der Waals surface area contributed by atoms with E-state index in [1.54, 1.807) is 12.2 Å². The molecule has 2 rings (SSSR count). The summed E-state index contributed by atoms with van der Waals surface area (Å²) in [5.41, 5.74) is 5.72. The minimum atomic E-state index is -1.06. The number of benzene rings is 2. The Hall–Kier alpha value is -5.11. The zero-order valence-electron chi connectivity index (χ0n) is 24.4. The molecule has 43 heavy (non-hydrogen) atoms. The zero-order chi connectivity index (χ0) is 31.3. The number of esters is 2. The van der Waals surface area contributed by atoms with Crippen molar-refractivity contribution in [3.05, 3.63) is 120 Å². The summed E-state index contributed by atoms with van der Waals surface area (Å²) < 4.78 is 4.83. The van der Waals surface area contributed by atoms with Crippen LogP contribution in [-0.2, 0) is 9.53 Å². The third-order valence-corrected chi connectivity index (χ3v) is 5.83. The highest BCUT2D eigenvalue weighted by Gasteiger charge is 2.18. The lowest BCUT2D eigenvalue weighted by atomic mass is 10.1. The Labute approximate surface area is 253 Å². The molecule has 0 saturated carbocycles. The number of allylic oxidation sites excluding steroid dienone is 11. The highest BCUT2D eigenvalue weighted by Crippen LogP contribution is 2.25. The fourth-order valence-corrected chi connectivity index (χ4v) is 3.61. The molecule has 0 aliphatic heterocycles. The van der Waals surface area contributed by atoms with Crippen LogP contribution in [0.25, 0.3) is 0 Å². The molecule has 0 unspecified atom stereocenters. The smallest absolute Gasteiger partial charge is 0.349 e. The van der Waals surface area contributed by atoms with Crippen LogP contribution >= 0.6 is 0 Å². The molecule has 1 amide bonds. The molecule has 0 aliphatic rings. The second-order valence-corrected chi connectivity index (χ2v) is 9.34. The quantitative estimate of drug-likeness (QED) is 0.0521. The summed E-state index contributed by atoms with van der Waals surface area (Å²) in [6.45, 7) is 2.13. The summed E-state index contributed by atoms with van der Waals surface area (Å²) in [6, 6.07) is 7.73. The lowest BCUT2D eigenvalue weighted by molar-refractivity contribution is -0.136. The Bertz CT molecular complexity index is 1400. The van der Waals surface area contributed by atoms with Gasteiger partial charge in [0, 0.05) is 11.4 Å². The molecule has 0 fully saturated rings. The number of ether oxygens (including phenoxy) is 1. The van der Waals surface area contributed by atoms with E-state index in [-0.39, 0.29) is 34.7 Å². The molecule has 0 aliphatic carbocycles. The highest BCUT2D eigenvalue weighted by atomic mass is 16.6. The van der Waals surface area contributed by atoms with Crippen molar-refractivity contribution in [2.45, 2.75) is 51.9 Å². The van der Waals surface area contributed by atoms with Crippen LogP contribution in [-0.4, -0.2) is 28.1 Å². The van der Waals surface area contributed by atoms with Gasteiger partial charge in [-0.3, -0.25) is 9.59 Å². The van der Waals surface area contributed by atoms with E-state index in [1.807, 2.05) is 12.2 Å². The number of aromatic hydroxyl groups is 2. The molecule has 226 valence electrons. The minimum absolute atomic E-state index is 0.0660. The zero-order valence-corrected chi connectivity index (χ0v) is 24.4. The number of nitrogen functional groups attached to an aromatic ring is 1. The van der Waals surface area contributed by atoms with Crippen molar-refractivity contribution in [1.82, 2.24) is 0 Å². The Morgan fingerprint density at radius 1 is 0.698 bits per heavy atom. The number of phenols is 2. The minimum Gasteiger partial charge on any atom is -0.507 e. The molecular weight excluding hydrogens is 544 g/mol. The van der Waals surface area contributed by atoms with Crippen molar-refractivity contribution in [2.75, 3.05) is 11.1 Å². The van der Waals surface area contributed by atoms with E-state index in [0.717, 1.165) is 32.1 Å². The van der Waals surface area contributed by atoms with Gasteiger partial charge in [-0.25, -0.2) is 4.79 Å². The van der Waals surface area contributed by atoms with E-state index in [0.29, 0.717) is 6.42 Å². The number of anilines is 2. The monoisotopic (exact) mass is 584 g/mol. The van der Waals surface area contributed by atoms with Crippen molar-refractivity contribution in [1.29, 1.82) is 0 Å². The molecule has 0 saturated heterocycles. The second-order valence-electron chi connectivity index (χ2n) is 9.34. The fourth-order valence-electron chi connectivity index (χ4n) is 3.61. The van der Waals surface area contributed by atoms with Crippen LogP contribution < -0.4 is 11.1 Å². The molecule has 0 heterocycles. The van der Waals surface area contributed by atoms with Gasteiger partial charge in [-0.15, -0.1) is 0 Å². The number of hydrogen-bond acceptors (Lipinski definition) is 7. The van der Waals surface area contributed by atoms with Gasteiger partial charge in [-0.05, 0) is 74.9 Å². The fraction of sp³-hybridized carbons (Fsp3) is 0.229. The van der Waals surface area contributed by atoms with Crippen molar-refractivity contribution >= 4 is 29.2 Å². The summed E-state index contributed by atoms with van der Waals surface area (Å²) >= 11 is 0. The average Bonchev–Trinajstić information content (AvgIpc) is 2.98. The SMILES string of the molecule is CC/C=C\C/C=C\C/C=C\C/C=C\C/C=C\C/C=C\CC(=O)OC(=O)c1cc(NC(=O)c2cc(N)ccc2O)ccc1O. The summed E-state index contributed by atoms with van der Waals surface area (Å²) in [7, 11) is 0. The van der Waals surface area contributed by atoms with Gasteiger partial charge in [0.05, 0.1) is 12.0 Å². The van der Waals surface area contributed by atoms with Gasteiger partial charge >= 0.3 is 11.9 Å². The van der Waals surface area contributed by atoms with E-state index in [9.17, 15) is 24.6 Å². The van der Waals surface area contributed by atoms with Gasteiger partial charge in [-0.2, -0.15) is 0 Å². The van der Waals surface area contributed by atoms with E-state index < -0.39 is 23.6 Å². The maximum atomic E-state index is 12.5. The van der Waals surface area contributed by atoms with Crippen LogP contribution in [0.2, 0.25) is 0 Å². The molecule has 0 bridgehead atoms. The van der Waals surface area contributed by atoms with Gasteiger partial charge in [0.1, 0.15) is 17.1 Å². The van der Waals surface area contributed by atoms with Crippen LogP contribution in [0, 0.1) is 0 Å². The number of rotatable bonds is 16. The largest absolute Gasteiger partial charge is 0.507 e.